The van der Waals surface area contributed by atoms with E-state index < -0.39 is 0 Å². The van der Waals surface area contributed by atoms with Gasteiger partial charge in [-0.2, -0.15) is 0 Å². The van der Waals surface area contributed by atoms with Crippen molar-refractivity contribution in [3.05, 3.63) is 36.2 Å². The molecular formula is C37H63N7O12S2. The fraction of sp³-hybridized carbons (Fsp3) is 0.730. The third-order valence-corrected chi connectivity index (χ3v) is 9.58. The fourth-order valence-corrected chi connectivity index (χ4v) is 6.24. The molecule has 2 aromatic rings. The summed E-state index contributed by atoms with van der Waals surface area (Å²) in [4.78, 5) is 24.3. The van der Waals surface area contributed by atoms with Gasteiger partial charge < -0.3 is 63.7 Å². The first kappa shape index (κ1) is 51.5. The molecule has 0 bridgehead atoms. The Bertz CT molecular complexity index is 1240. The lowest BCUT2D eigenvalue weighted by atomic mass is 10.1. The standard InChI is InChI=1S/C37H63N7O12S2/c38-6-9-47-11-13-49-15-17-51-19-21-53-23-25-55-27-28-56-26-24-54-22-20-52-18-16-50-14-12-48-10-7-39-35(45)5-29-57-58-30-8-40-36(46)31-33-1-3-34(4-2-33)37-43-41-32-42-44-37/h1-4,32H,5-31,38H2,(H,39,45)(H,40,46). The van der Waals surface area contributed by atoms with Crippen molar-refractivity contribution in [3.63, 3.8) is 0 Å². The first-order valence-electron chi connectivity index (χ1n) is 19.5. The molecule has 0 aliphatic rings. The second kappa shape index (κ2) is 39.8. The monoisotopic (exact) mass is 861 g/mol. The van der Waals surface area contributed by atoms with Gasteiger partial charge in [0.15, 0.2) is 6.33 Å². The summed E-state index contributed by atoms with van der Waals surface area (Å²) in [6, 6.07) is 7.41. The number of ether oxygens (including phenoxy) is 10. The van der Waals surface area contributed by atoms with E-state index >= 15 is 0 Å². The van der Waals surface area contributed by atoms with Crippen LogP contribution in [-0.4, -0.2) is 195 Å². The first-order valence-corrected chi connectivity index (χ1v) is 22.0. The average Bonchev–Trinajstić information content (AvgIpc) is 3.24. The molecule has 0 spiro atoms. The molecule has 0 unspecified atom stereocenters. The molecule has 0 aliphatic heterocycles. The molecule has 1 aromatic heterocycles. The Kier molecular flexibility index (Phi) is 35.3. The van der Waals surface area contributed by atoms with Gasteiger partial charge in [-0.25, -0.2) is 0 Å². The molecule has 2 rings (SSSR count). The predicted molar refractivity (Wildman–Crippen MR) is 220 cm³/mol. The highest BCUT2D eigenvalue weighted by Crippen LogP contribution is 2.21. The minimum atomic E-state index is -0.0485. The molecule has 2 amide bonds. The predicted octanol–water partition coefficient (Wildman–Crippen LogP) is 0.605. The third kappa shape index (κ3) is 32.2. The molecule has 0 atom stereocenters. The first-order chi connectivity index (χ1) is 28.7. The third-order valence-electron chi connectivity index (χ3n) is 7.17. The number of carbonyl (C=O) groups is 2. The number of hydrogen-bond acceptors (Lipinski definition) is 19. The van der Waals surface area contributed by atoms with Crippen molar-refractivity contribution in [2.75, 3.05) is 163 Å². The average molecular weight is 862 g/mol. The van der Waals surface area contributed by atoms with Gasteiger partial charge in [0.2, 0.25) is 17.6 Å². The smallest absolute Gasteiger partial charge is 0.224 e. The number of aromatic nitrogens is 4. The highest BCUT2D eigenvalue weighted by molar-refractivity contribution is 8.76. The van der Waals surface area contributed by atoms with E-state index in [4.69, 9.17) is 53.1 Å². The van der Waals surface area contributed by atoms with Crippen molar-refractivity contribution in [1.29, 1.82) is 0 Å². The maximum absolute atomic E-state index is 12.2. The Balaban J connectivity index is 1.19. The number of amides is 2. The van der Waals surface area contributed by atoms with Crippen molar-refractivity contribution in [2.45, 2.75) is 12.8 Å². The number of nitrogens with one attached hydrogen (secondary N) is 2. The quantitative estimate of drug-likeness (QED) is 0.0614. The Morgan fingerprint density at radius 1 is 0.500 bits per heavy atom. The summed E-state index contributed by atoms with van der Waals surface area (Å²) in [5.41, 5.74) is 7.01. The molecule has 1 heterocycles. The number of nitrogens with zero attached hydrogens (tertiary/aromatic N) is 4. The lowest BCUT2D eigenvalue weighted by molar-refractivity contribution is -0.121. The van der Waals surface area contributed by atoms with Crippen LogP contribution >= 0.6 is 21.6 Å². The Morgan fingerprint density at radius 2 is 0.897 bits per heavy atom. The summed E-state index contributed by atoms with van der Waals surface area (Å²) in [7, 11) is 3.23. The van der Waals surface area contributed by atoms with E-state index in [9.17, 15) is 9.59 Å². The second-order valence-corrected chi connectivity index (χ2v) is 14.5. The van der Waals surface area contributed by atoms with Crippen LogP contribution < -0.4 is 16.4 Å². The number of hydrogen-bond donors (Lipinski definition) is 3. The minimum Gasteiger partial charge on any atom is -0.378 e. The molecule has 0 aliphatic carbocycles. The van der Waals surface area contributed by atoms with Crippen molar-refractivity contribution in [3.8, 4) is 11.4 Å². The summed E-state index contributed by atoms with van der Waals surface area (Å²) in [5, 5.41) is 21.1. The van der Waals surface area contributed by atoms with E-state index in [0.29, 0.717) is 170 Å². The van der Waals surface area contributed by atoms with Gasteiger partial charge in [0, 0.05) is 43.1 Å². The van der Waals surface area contributed by atoms with Gasteiger partial charge in [-0.05, 0) is 5.56 Å². The number of rotatable bonds is 42. The highest BCUT2D eigenvalue weighted by Gasteiger charge is 2.07. The zero-order chi connectivity index (χ0) is 41.2. The Labute approximate surface area is 349 Å². The molecule has 0 saturated heterocycles. The van der Waals surface area contributed by atoms with Crippen LogP contribution in [0.5, 0.6) is 0 Å². The Morgan fingerprint density at radius 3 is 1.34 bits per heavy atom. The molecule has 330 valence electrons. The van der Waals surface area contributed by atoms with E-state index in [1.165, 1.54) is 6.33 Å². The van der Waals surface area contributed by atoms with Crippen LogP contribution in [0.2, 0.25) is 0 Å². The summed E-state index contributed by atoms with van der Waals surface area (Å²) in [6.45, 7) is 11.3. The minimum absolute atomic E-state index is 0.0197. The molecule has 4 N–H and O–H groups in total. The van der Waals surface area contributed by atoms with Crippen molar-refractivity contribution < 1.29 is 57.0 Å². The SMILES string of the molecule is NCCOCCOCCOCCOCCOCCOCCOCCOCCOCCOCCNC(=O)CCSSCCNC(=O)Cc1ccc(-c2nncnn2)cc1. The molecule has 58 heavy (non-hydrogen) atoms. The Hall–Kier alpha value is -2.64. The molecule has 0 radical (unpaired) electrons. The maximum Gasteiger partial charge on any atom is 0.224 e. The van der Waals surface area contributed by atoms with Crippen LogP contribution in [0.1, 0.15) is 12.0 Å². The summed E-state index contributed by atoms with van der Waals surface area (Å²) >= 11 is 0. The van der Waals surface area contributed by atoms with Gasteiger partial charge in [0.05, 0.1) is 139 Å². The molecule has 19 nitrogen and oxygen atoms in total. The normalized spacial score (nSPS) is 11.3. The van der Waals surface area contributed by atoms with Crippen LogP contribution in [0.15, 0.2) is 30.6 Å². The van der Waals surface area contributed by atoms with Crippen LogP contribution in [0.3, 0.4) is 0 Å². The summed E-state index contributed by atoms with van der Waals surface area (Å²) in [6.07, 6.45) is 1.98. The van der Waals surface area contributed by atoms with E-state index in [-0.39, 0.29) is 18.2 Å². The molecule has 21 heteroatoms. The number of benzene rings is 1. The van der Waals surface area contributed by atoms with Gasteiger partial charge in [0.1, 0.15) is 0 Å². The molecular weight excluding hydrogens is 799 g/mol. The van der Waals surface area contributed by atoms with Crippen molar-refractivity contribution in [1.82, 2.24) is 31.0 Å². The number of nitrogens with two attached hydrogens (primary N) is 1. The van der Waals surface area contributed by atoms with E-state index in [1.54, 1.807) is 21.6 Å². The van der Waals surface area contributed by atoms with Crippen LogP contribution in [0, 0.1) is 0 Å². The van der Waals surface area contributed by atoms with Crippen LogP contribution in [0.25, 0.3) is 11.4 Å². The molecule has 0 saturated carbocycles. The molecule has 1 aromatic carbocycles. The topological polar surface area (TPSA) is 228 Å². The maximum atomic E-state index is 12.2. The van der Waals surface area contributed by atoms with Gasteiger partial charge in [0.25, 0.3) is 0 Å². The lowest BCUT2D eigenvalue weighted by Gasteiger charge is -2.09. The van der Waals surface area contributed by atoms with Gasteiger partial charge >= 0.3 is 0 Å². The van der Waals surface area contributed by atoms with E-state index in [1.807, 2.05) is 24.3 Å². The van der Waals surface area contributed by atoms with Gasteiger partial charge in [-0.1, -0.05) is 45.9 Å². The summed E-state index contributed by atoms with van der Waals surface area (Å²) in [5.74, 6) is 1.80. The second-order valence-electron chi connectivity index (χ2n) is 11.7. The van der Waals surface area contributed by atoms with Crippen LogP contribution in [-0.2, 0) is 63.4 Å². The van der Waals surface area contributed by atoms with Gasteiger partial charge in [-0.3, -0.25) is 9.59 Å². The van der Waals surface area contributed by atoms with Crippen LogP contribution in [0.4, 0.5) is 0 Å². The zero-order valence-electron chi connectivity index (χ0n) is 33.6. The largest absolute Gasteiger partial charge is 0.378 e. The fourth-order valence-electron chi connectivity index (χ4n) is 4.34. The molecule has 0 fully saturated rings. The zero-order valence-corrected chi connectivity index (χ0v) is 35.2. The number of carbonyl (C=O) groups excluding carboxylic acids is 2. The van der Waals surface area contributed by atoms with Crippen molar-refractivity contribution in [2.24, 2.45) is 5.73 Å². The highest BCUT2D eigenvalue weighted by atomic mass is 33.1. The van der Waals surface area contributed by atoms with E-state index in [0.717, 1.165) is 16.9 Å². The lowest BCUT2D eigenvalue weighted by Crippen LogP contribution is -2.28. The van der Waals surface area contributed by atoms with E-state index in [2.05, 4.69) is 31.0 Å². The summed E-state index contributed by atoms with van der Waals surface area (Å²) < 4.78 is 54.4. The van der Waals surface area contributed by atoms with Gasteiger partial charge in [-0.15, -0.1) is 20.4 Å². The van der Waals surface area contributed by atoms with Crippen molar-refractivity contribution >= 4 is 33.4 Å².